The molecule has 1 aromatic carbocycles. The van der Waals surface area contributed by atoms with Crippen molar-refractivity contribution in [2.45, 2.75) is 24.0 Å². The summed E-state index contributed by atoms with van der Waals surface area (Å²) in [5.41, 5.74) is -0.387. The Balaban J connectivity index is 1.81. The molecule has 110 valence electrons. The van der Waals surface area contributed by atoms with Crippen molar-refractivity contribution in [2.24, 2.45) is 0 Å². The van der Waals surface area contributed by atoms with Gasteiger partial charge in [-0.3, -0.25) is 4.79 Å². The van der Waals surface area contributed by atoms with Gasteiger partial charge in [0, 0.05) is 11.3 Å². The number of carbonyl (C=O) groups is 1. The van der Waals surface area contributed by atoms with Crippen LogP contribution >= 0.6 is 11.8 Å². The van der Waals surface area contributed by atoms with E-state index in [1.165, 1.54) is 12.5 Å². The maximum atomic E-state index is 13.4. The lowest BCUT2D eigenvalue weighted by Crippen LogP contribution is -2.45. The van der Waals surface area contributed by atoms with Gasteiger partial charge in [-0.1, -0.05) is 12.5 Å². The molecule has 0 atom stereocenters. The topological polar surface area (TPSA) is 41.1 Å². The number of thioether (sulfide) groups is 1. The molecule has 1 saturated carbocycles. The molecule has 3 nitrogen and oxygen atoms in total. The standard InChI is InChI=1S/C14H18F2N2OS/c1-20-14(6-3-7-14)9-17-8-12(19)18-13-10(15)4-2-5-11(13)16/h2,4-5,17H,3,6-9H2,1H3,(H,18,19). The second kappa shape index (κ2) is 6.54. The molecule has 2 rings (SSSR count). The van der Waals surface area contributed by atoms with Crippen LogP contribution in [0.15, 0.2) is 18.2 Å². The summed E-state index contributed by atoms with van der Waals surface area (Å²) >= 11 is 1.81. The maximum Gasteiger partial charge on any atom is 0.238 e. The van der Waals surface area contributed by atoms with Crippen molar-refractivity contribution < 1.29 is 13.6 Å². The number of para-hydroxylation sites is 1. The molecule has 0 aromatic heterocycles. The zero-order valence-electron chi connectivity index (χ0n) is 11.3. The lowest BCUT2D eigenvalue weighted by Gasteiger charge is -2.40. The number of nitrogens with one attached hydrogen (secondary N) is 2. The molecule has 0 heterocycles. The van der Waals surface area contributed by atoms with Crippen LogP contribution in [0.3, 0.4) is 0 Å². The minimum Gasteiger partial charge on any atom is -0.320 e. The number of anilines is 1. The van der Waals surface area contributed by atoms with Crippen LogP contribution in [0.5, 0.6) is 0 Å². The third-order valence-corrected chi connectivity index (χ3v) is 5.08. The number of hydrogen-bond donors (Lipinski definition) is 2. The fourth-order valence-electron chi connectivity index (χ4n) is 2.23. The molecule has 0 saturated heterocycles. The molecular weight excluding hydrogens is 282 g/mol. The van der Waals surface area contributed by atoms with E-state index in [0.717, 1.165) is 31.5 Å². The van der Waals surface area contributed by atoms with Crippen LogP contribution < -0.4 is 10.6 Å². The highest BCUT2D eigenvalue weighted by molar-refractivity contribution is 8.00. The van der Waals surface area contributed by atoms with Crippen molar-refractivity contribution >= 4 is 23.4 Å². The highest BCUT2D eigenvalue weighted by Gasteiger charge is 2.35. The smallest absolute Gasteiger partial charge is 0.238 e. The molecule has 20 heavy (non-hydrogen) atoms. The number of halogens is 2. The van der Waals surface area contributed by atoms with Crippen molar-refractivity contribution in [1.82, 2.24) is 5.32 Å². The first-order valence-electron chi connectivity index (χ1n) is 6.56. The summed E-state index contributed by atoms with van der Waals surface area (Å²) < 4.78 is 26.9. The molecule has 0 aliphatic heterocycles. The predicted molar refractivity (Wildman–Crippen MR) is 78.0 cm³/mol. The fraction of sp³-hybridized carbons (Fsp3) is 0.500. The van der Waals surface area contributed by atoms with Crippen LogP contribution in [0.2, 0.25) is 0 Å². The van der Waals surface area contributed by atoms with Crippen LogP contribution in [-0.2, 0) is 4.79 Å². The molecule has 0 radical (unpaired) electrons. The molecule has 1 aliphatic rings. The minimum atomic E-state index is -0.766. The van der Waals surface area contributed by atoms with Crippen molar-refractivity contribution in [1.29, 1.82) is 0 Å². The second-order valence-electron chi connectivity index (χ2n) is 4.99. The largest absolute Gasteiger partial charge is 0.320 e. The lowest BCUT2D eigenvalue weighted by atomic mass is 9.84. The van der Waals surface area contributed by atoms with E-state index in [1.807, 2.05) is 0 Å². The van der Waals surface area contributed by atoms with Crippen LogP contribution in [0.4, 0.5) is 14.5 Å². The minimum absolute atomic E-state index is 0.0517. The summed E-state index contributed by atoms with van der Waals surface area (Å²) in [6.07, 6.45) is 5.57. The molecule has 0 unspecified atom stereocenters. The van der Waals surface area contributed by atoms with E-state index in [2.05, 4.69) is 16.9 Å². The monoisotopic (exact) mass is 300 g/mol. The van der Waals surface area contributed by atoms with Crippen molar-refractivity contribution in [2.75, 3.05) is 24.7 Å². The molecule has 0 bridgehead atoms. The zero-order chi connectivity index (χ0) is 14.6. The maximum absolute atomic E-state index is 13.4. The normalized spacial score (nSPS) is 16.6. The van der Waals surface area contributed by atoms with E-state index in [9.17, 15) is 13.6 Å². The highest BCUT2D eigenvalue weighted by Crippen LogP contribution is 2.42. The Labute approximate surface area is 121 Å². The second-order valence-corrected chi connectivity index (χ2v) is 6.26. The number of amides is 1. The molecular formula is C14H18F2N2OS. The van der Waals surface area contributed by atoms with E-state index < -0.39 is 17.5 Å². The fourth-order valence-corrected chi connectivity index (χ4v) is 3.17. The number of benzene rings is 1. The van der Waals surface area contributed by atoms with Gasteiger partial charge >= 0.3 is 0 Å². The predicted octanol–water partition coefficient (Wildman–Crippen LogP) is 2.78. The first kappa shape index (κ1) is 15.3. The Bertz CT molecular complexity index is 466. The summed E-state index contributed by atoms with van der Waals surface area (Å²) in [6, 6.07) is 3.49. The highest BCUT2D eigenvalue weighted by atomic mass is 32.2. The van der Waals surface area contributed by atoms with Gasteiger partial charge in [-0.05, 0) is 31.2 Å². The third-order valence-electron chi connectivity index (χ3n) is 3.66. The first-order valence-corrected chi connectivity index (χ1v) is 7.78. The zero-order valence-corrected chi connectivity index (χ0v) is 12.2. The SMILES string of the molecule is CSC1(CNCC(=O)Nc2c(F)cccc2F)CCC1. The summed E-state index contributed by atoms with van der Waals surface area (Å²) in [4.78, 5) is 11.7. The van der Waals surface area contributed by atoms with E-state index in [1.54, 1.807) is 11.8 Å². The Morgan fingerprint density at radius 3 is 2.50 bits per heavy atom. The van der Waals surface area contributed by atoms with E-state index in [0.29, 0.717) is 0 Å². The van der Waals surface area contributed by atoms with E-state index >= 15 is 0 Å². The van der Waals surface area contributed by atoms with Gasteiger partial charge in [0.1, 0.15) is 17.3 Å². The van der Waals surface area contributed by atoms with Crippen LogP contribution in [0, 0.1) is 11.6 Å². The Morgan fingerprint density at radius 1 is 1.35 bits per heavy atom. The quantitative estimate of drug-likeness (QED) is 0.849. The van der Waals surface area contributed by atoms with E-state index in [4.69, 9.17) is 0 Å². The molecule has 6 heteroatoms. The first-order chi connectivity index (χ1) is 9.56. The summed E-state index contributed by atoms with van der Waals surface area (Å²) in [5.74, 6) is -1.97. The average Bonchev–Trinajstić information content (AvgIpc) is 2.37. The van der Waals surface area contributed by atoms with Crippen molar-refractivity contribution in [3.63, 3.8) is 0 Å². The third kappa shape index (κ3) is 3.49. The van der Waals surface area contributed by atoms with Crippen LogP contribution in [-0.4, -0.2) is 30.0 Å². The summed E-state index contributed by atoms with van der Waals surface area (Å²) in [5, 5.41) is 5.32. The molecule has 1 fully saturated rings. The Kier molecular flexibility index (Phi) is 4.99. The van der Waals surface area contributed by atoms with Gasteiger partial charge in [0.2, 0.25) is 5.91 Å². The van der Waals surface area contributed by atoms with Gasteiger partial charge in [0.25, 0.3) is 0 Å². The Morgan fingerprint density at radius 2 is 2.00 bits per heavy atom. The van der Waals surface area contributed by atoms with Gasteiger partial charge in [0.15, 0.2) is 0 Å². The summed E-state index contributed by atoms with van der Waals surface area (Å²) in [6.45, 7) is 0.789. The van der Waals surface area contributed by atoms with Crippen LogP contribution in [0.25, 0.3) is 0 Å². The summed E-state index contributed by atoms with van der Waals surface area (Å²) in [7, 11) is 0. The van der Waals surface area contributed by atoms with Gasteiger partial charge in [-0.25, -0.2) is 8.78 Å². The van der Waals surface area contributed by atoms with Gasteiger partial charge in [-0.15, -0.1) is 0 Å². The number of hydrogen-bond acceptors (Lipinski definition) is 3. The number of rotatable bonds is 6. The van der Waals surface area contributed by atoms with Gasteiger partial charge in [-0.2, -0.15) is 11.8 Å². The van der Waals surface area contributed by atoms with Gasteiger partial charge in [0.05, 0.1) is 6.54 Å². The molecule has 0 spiro atoms. The molecule has 1 aromatic rings. The van der Waals surface area contributed by atoms with Crippen molar-refractivity contribution in [3.05, 3.63) is 29.8 Å². The Hall–Kier alpha value is -1.14. The van der Waals surface area contributed by atoms with Crippen molar-refractivity contribution in [3.8, 4) is 0 Å². The number of carbonyl (C=O) groups excluding carboxylic acids is 1. The van der Waals surface area contributed by atoms with Crippen LogP contribution in [0.1, 0.15) is 19.3 Å². The molecule has 1 amide bonds. The lowest BCUT2D eigenvalue weighted by molar-refractivity contribution is -0.115. The average molecular weight is 300 g/mol. The van der Waals surface area contributed by atoms with Gasteiger partial charge < -0.3 is 10.6 Å². The molecule has 1 aliphatic carbocycles. The van der Waals surface area contributed by atoms with E-state index in [-0.39, 0.29) is 17.0 Å². The molecule has 2 N–H and O–H groups in total.